The van der Waals surface area contributed by atoms with Gasteiger partial charge in [0.05, 0.1) is 18.0 Å². The number of nitrogens with zero attached hydrogens (tertiary/aromatic N) is 2. The molecule has 2 N–H and O–H groups in total. The van der Waals surface area contributed by atoms with E-state index in [0.717, 1.165) is 28.2 Å². The van der Waals surface area contributed by atoms with E-state index in [1.165, 1.54) is 11.3 Å². The molecule has 1 aliphatic heterocycles. The van der Waals surface area contributed by atoms with Crippen LogP contribution in [-0.4, -0.2) is 39.2 Å². The summed E-state index contributed by atoms with van der Waals surface area (Å²) < 4.78 is 0. The monoisotopic (exact) mass is 327 g/mol. The van der Waals surface area contributed by atoms with Gasteiger partial charge in [0, 0.05) is 18.0 Å². The highest BCUT2D eigenvalue weighted by atomic mass is 32.1. The van der Waals surface area contributed by atoms with Crippen LogP contribution in [0.4, 0.5) is 0 Å². The zero-order valence-electron chi connectivity index (χ0n) is 12.5. The van der Waals surface area contributed by atoms with E-state index in [9.17, 15) is 9.90 Å². The normalized spacial score (nSPS) is 18.7. The zero-order valence-corrected chi connectivity index (χ0v) is 13.3. The molecule has 0 unspecified atom stereocenters. The standard InChI is InChI=1S/C17H17N3O2S/c21-12-6-7-20(9-12)10-15-18-16(22)13-8-14(23-17(13)19-15)11-4-2-1-3-5-11/h1-5,8,12,21H,6-7,9-10H2,(H,18,19,22)/t12-/m0/s1. The molecule has 1 aromatic carbocycles. The number of aromatic amines is 1. The molecule has 5 nitrogen and oxygen atoms in total. The number of aliphatic hydroxyl groups excluding tert-OH is 1. The van der Waals surface area contributed by atoms with E-state index in [2.05, 4.69) is 14.9 Å². The molecule has 1 aliphatic rings. The second-order valence-corrected chi connectivity index (χ2v) is 6.92. The summed E-state index contributed by atoms with van der Waals surface area (Å²) in [5.74, 6) is 0.665. The summed E-state index contributed by atoms with van der Waals surface area (Å²) in [7, 11) is 0. The lowest BCUT2D eigenvalue weighted by atomic mass is 10.2. The minimum absolute atomic E-state index is 0.0943. The average molecular weight is 327 g/mol. The Kier molecular flexibility index (Phi) is 3.72. The Bertz CT molecular complexity index is 888. The number of hydrogen-bond donors (Lipinski definition) is 2. The molecule has 1 atom stereocenters. The number of H-pyrrole nitrogens is 1. The van der Waals surface area contributed by atoms with E-state index < -0.39 is 0 Å². The fourth-order valence-electron chi connectivity index (χ4n) is 2.96. The molecule has 6 heteroatoms. The van der Waals surface area contributed by atoms with Crippen LogP contribution < -0.4 is 5.56 Å². The summed E-state index contributed by atoms with van der Waals surface area (Å²) in [6.07, 6.45) is 0.515. The van der Waals surface area contributed by atoms with Crippen molar-refractivity contribution < 1.29 is 5.11 Å². The van der Waals surface area contributed by atoms with Crippen LogP contribution >= 0.6 is 11.3 Å². The summed E-state index contributed by atoms with van der Waals surface area (Å²) in [5, 5.41) is 10.2. The summed E-state index contributed by atoms with van der Waals surface area (Å²) in [4.78, 5) is 23.7. The van der Waals surface area contributed by atoms with E-state index in [-0.39, 0.29) is 11.7 Å². The first kappa shape index (κ1) is 14.6. The Morgan fingerprint density at radius 2 is 2.17 bits per heavy atom. The summed E-state index contributed by atoms with van der Waals surface area (Å²) in [6.45, 7) is 2.05. The van der Waals surface area contributed by atoms with Crippen LogP contribution in [-0.2, 0) is 6.54 Å². The third kappa shape index (κ3) is 2.93. The van der Waals surface area contributed by atoms with E-state index in [0.29, 0.717) is 24.3 Å². The van der Waals surface area contributed by atoms with Gasteiger partial charge in [-0.25, -0.2) is 4.98 Å². The van der Waals surface area contributed by atoms with Crippen LogP contribution in [0, 0.1) is 0 Å². The van der Waals surface area contributed by atoms with Gasteiger partial charge in [-0.3, -0.25) is 9.69 Å². The lowest BCUT2D eigenvalue weighted by Crippen LogP contribution is -2.24. The molecule has 3 heterocycles. The number of benzene rings is 1. The van der Waals surface area contributed by atoms with Gasteiger partial charge in [-0.1, -0.05) is 30.3 Å². The van der Waals surface area contributed by atoms with Gasteiger partial charge >= 0.3 is 0 Å². The number of β-amino-alcohol motifs (C(OH)–C–C–N with tert-alkyl or cyclic N) is 1. The SMILES string of the molecule is O=c1[nH]c(CN2CC[C@H](O)C2)nc2sc(-c3ccccc3)cc12. The fourth-order valence-corrected chi connectivity index (χ4v) is 4.02. The van der Waals surface area contributed by atoms with Crippen LogP contribution in [0.3, 0.4) is 0 Å². The minimum Gasteiger partial charge on any atom is -0.392 e. The molecule has 118 valence electrons. The highest BCUT2D eigenvalue weighted by molar-refractivity contribution is 7.21. The van der Waals surface area contributed by atoms with Crippen LogP contribution in [0.5, 0.6) is 0 Å². The predicted molar refractivity (Wildman–Crippen MR) is 91.6 cm³/mol. The van der Waals surface area contributed by atoms with Crippen molar-refractivity contribution in [3.8, 4) is 10.4 Å². The van der Waals surface area contributed by atoms with E-state index in [1.807, 2.05) is 36.4 Å². The molecule has 0 radical (unpaired) electrons. The number of aliphatic hydroxyl groups is 1. The van der Waals surface area contributed by atoms with E-state index in [4.69, 9.17) is 0 Å². The van der Waals surface area contributed by atoms with E-state index in [1.54, 1.807) is 0 Å². The molecule has 3 aromatic rings. The van der Waals surface area contributed by atoms with Crippen molar-refractivity contribution in [1.29, 1.82) is 0 Å². The molecule has 23 heavy (non-hydrogen) atoms. The second-order valence-electron chi connectivity index (χ2n) is 5.89. The van der Waals surface area contributed by atoms with Crippen LogP contribution in [0.1, 0.15) is 12.2 Å². The molecule has 0 spiro atoms. The second kappa shape index (κ2) is 5.88. The van der Waals surface area contributed by atoms with E-state index >= 15 is 0 Å². The first-order chi connectivity index (χ1) is 11.2. The molecule has 2 aromatic heterocycles. The first-order valence-electron chi connectivity index (χ1n) is 7.67. The van der Waals surface area contributed by atoms with Crippen molar-refractivity contribution in [1.82, 2.24) is 14.9 Å². The maximum Gasteiger partial charge on any atom is 0.259 e. The van der Waals surface area contributed by atoms with Crippen molar-refractivity contribution in [2.24, 2.45) is 0 Å². The van der Waals surface area contributed by atoms with Crippen LogP contribution in [0.25, 0.3) is 20.7 Å². The fraction of sp³-hybridized carbons (Fsp3) is 0.294. The maximum absolute atomic E-state index is 12.3. The number of rotatable bonds is 3. The highest BCUT2D eigenvalue weighted by Crippen LogP contribution is 2.30. The maximum atomic E-state index is 12.3. The number of fused-ring (bicyclic) bond motifs is 1. The van der Waals surface area contributed by atoms with Crippen molar-refractivity contribution in [3.05, 3.63) is 52.6 Å². The van der Waals surface area contributed by atoms with Gasteiger partial charge in [0.2, 0.25) is 0 Å². The molecule has 0 saturated carbocycles. The first-order valence-corrected chi connectivity index (χ1v) is 8.49. The van der Waals surface area contributed by atoms with Gasteiger partial charge in [0.15, 0.2) is 0 Å². The van der Waals surface area contributed by atoms with Gasteiger partial charge in [-0.15, -0.1) is 11.3 Å². The largest absolute Gasteiger partial charge is 0.392 e. The summed E-state index contributed by atoms with van der Waals surface area (Å²) in [6, 6.07) is 11.9. The lowest BCUT2D eigenvalue weighted by Gasteiger charge is -2.13. The van der Waals surface area contributed by atoms with Gasteiger partial charge < -0.3 is 10.1 Å². The topological polar surface area (TPSA) is 69.2 Å². The number of likely N-dealkylation sites (tertiary alicyclic amines) is 1. The quantitative estimate of drug-likeness (QED) is 0.774. The number of thiophene rings is 1. The number of hydrogen-bond acceptors (Lipinski definition) is 5. The Hall–Kier alpha value is -2.02. The zero-order chi connectivity index (χ0) is 15.8. The highest BCUT2D eigenvalue weighted by Gasteiger charge is 2.21. The van der Waals surface area contributed by atoms with Crippen molar-refractivity contribution >= 4 is 21.6 Å². The molecule has 0 bridgehead atoms. The lowest BCUT2D eigenvalue weighted by molar-refractivity contribution is 0.174. The summed E-state index contributed by atoms with van der Waals surface area (Å²) in [5.41, 5.74) is 1.00. The van der Waals surface area contributed by atoms with Crippen LogP contribution in [0.15, 0.2) is 41.2 Å². The van der Waals surface area contributed by atoms with Gasteiger partial charge in [0.1, 0.15) is 10.7 Å². The minimum atomic E-state index is -0.267. The van der Waals surface area contributed by atoms with Crippen molar-refractivity contribution in [2.75, 3.05) is 13.1 Å². The van der Waals surface area contributed by atoms with Crippen molar-refractivity contribution in [3.63, 3.8) is 0 Å². The van der Waals surface area contributed by atoms with Crippen LogP contribution in [0.2, 0.25) is 0 Å². The molecular weight excluding hydrogens is 310 g/mol. The van der Waals surface area contributed by atoms with Gasteiger partial charge in [-0.05, 0) is 18.1 Å². The molecule has 4 rings (SSSR count). The average Bonchev–Trinajstić information content (AvgIpc) is 3.15. The third-order valence-corrected chi connectivity index (χ3v) is 5.21. The molecule has 0 aliphatic carbocycles. The van der Waals surface area contributed by atoms with Gasteiger partial charge in [0.25, 0.3) is 5.56 Å². The third-order valence-electron chi connectivity index (χ3n) is 4.13. The summed E-state index contributed by atoms with van der Waals surface area (Å²) >= 11 is 1.54. The Morgan fingerprint density at radius 1 is 1.35 bits per heavy atom. The molecule has 1 fully saturated rings. The molecular formula is C17H17N3O2S. The number of aromatic nitrogens is 2. The Labute approximate surface area is 137 Å². The predicted octanol–water partition coefficient (Wildman–Crippen LogP) is 2.22. The Balaban J connectivity index is 1.68. The number of nitrogens with one attached hydrogen (secondary N) is 1. The molecule has 0 amide bonds. The Morgan fingerprint density at radius 3 is 2.91 bits per heavy atom. The smallest absolute Gasteiger partial charge is 0.259 e. The van der Waals surface area contributed by atoms with Crippen molar-refractivity contribution in [2.45, 2.75) is 19.1 Å². The molecule has 1 saturated heterocycles. The van der Waals surface area contributed by atoms with Gasteiger partial charge in [-0.2, -0.15) is 0 Å².